The average Bonchev–Trinajstić information content (AvgIpc) is 2.37. The van der Waals surface area contributed by atoms with Crippen molar-refractivity contribution in [2.75, 3.05) is 11.4 Å². The number of carbonyl (C=O) groups is 1. The minimum atomic E-state index is -0.782. The molecule has 0 spiro atoms. The number of piperidine rings is 1. The van der Waals surface area contributed by atoms with E-state index in [1.165, 1.54) is 0 Å². The highest BCUT2D eigenvalue weighted by Gasteiger charge is 2.30. The zero-order valence-electron chi connectivity index (χ0n) is 11.8. The van der Waals surface area contributed by atoms with Gasteiger partial charge in [-0.05, 0) is 38.2 Å². The van der Waals surface area contributed by atoms with Crippen LogP contribution in [-0.4, -0.2) is 33.6 Å². The lowest BCUT2D eigenvalue weighted by atomic mass is 10.0. The zero-order chi connectivity index (χ0) is 14.0. The molecule has 1 saturated heterocycles. The molecule has 0 amide bonds. The lowest BCUT2D eigenvalue weighted by Gasteiger charge is -2.33. The van der Waals surface area contributed by atoms with Crippen molar-refractivity contribution >= 4 is 11.9 Å². The van der Waals surface area contributed by atoms with E-state index in [0.717, 1.165) is 30.8 Å². The second-order valence-corrected chi connectivity index (χ2v) is 5.43. The van der Waals surface area contributed by atoms with Crippen LogP contribution in [0.2, 0.25) is 0 Å². The van der Waals surface area contributed by atoms with Crippen LogP contribution >= 0.6 is 0 Å². The van der Waals surface area contributed by atoms with E-state index in [9.17, 15) is 9.90 Å². The number of aliphatic carboxylic acids is 1. The highest BCUT2D eigenvalue weighted by atomic mass is 16.4. The fraction of sp³-hybridized carbons (Fsp3) is 0.643. The molecule has 0 radical (unpaired) electrons. The zero-order valence-corrected chi connectivity index (χ0v) is 11.8. The molecule has 1 aromatic rings. The molecule has 1 atom stereocenters. The molecule has 1 aromatic heterocycles. The van der Waals surface area contributed by atoms with Gasteiger partial charge in [0.15, 0.2) is 0 Å². The van der Waals surface area contributed by atoms with E-state index >= 15 is 0 Å². The topological polar surface area (TPSA) is 66.3 Å². The molecule has 104 valence electrons. The van der Waals surface area contributed by atoms with Gasteiger partial charge in [0, 0.05) is 17.9 Å². The molecule has 1 N–H and O–H groups in total. The summed E-state index contributed by atoms with van der Waals surface area (Å²) in [5.74, 6) is 0.0974. The number of carboxylic acids is 1. The van der Waals surface area contributed by atoms with Crippen molar-refractivity contribution in [1.29, 1.82) is 0 Å². The summed E-state index contributed by atoms with van der Waals surface area (Å²) < 4.78 is 0. The van der Waals surface area contributed by atoms with Crippen LogP contribution in [0.1, 0.15) is 50.4 Å². The third-order valence-corrected chi connectivity index (χ3v) is 3.50. The van der Waals surface area contributed by atoms with Gasteiger partial charge in [-0.15, -0.1) is 0 Å². The molecule has 1 aliphatic heterocycles. The lowest BCUT2D eigenvalue weighted by molar-refractivity contribution is -0.139. The van der Waals surface area contributed by atoms with Crippen LogP contribution in [0, 0.1) is 6.92 Å². The summed E-state index contributed by atoms with van der Waals surface area (Å²) in [5, 5.41) is 9.32. The number of nitrogens with zero attached hydrogens (tertiary/aromatic N) is 3. The van der Waals surface area contributed by atoms with E-state index in [2.05, 4.69) is 23.8 Å². The Balaban J connectivity index is 2.35. The molecule has 5 heteroatoms. The fourth-order valence-electron chi connectivity index (χ4n) is 2.43. The van der Waals surface area contributed by atoms with E-state index in [1.807, 2.05) is 17.9 Å². The number of carboxylic acid groups (broad SMARTS) is 1. The van der Waals surface area contributed by atoms with E-state index in [-0.39, 0.29) is 0 Å². The predicted octanol–water partition coefficient (Wildman–Crippen LogP) is 2.35. The predicted molar refractivity (Wildman–Crippen MR) is 73.5 cm³/mol. The molecule has 0 aromatic carbocycles. The summed E-state index contributed by atoms with van der Waals surface area (Å²) in [6.45, 7) is 6.81. The second-order valence-electron chi connectivity index (χ2n) is 5.43. The molecule has 1 fully saturated rings. The monoisotopic (exact) mass is 263 g/mol. The SMILES string of the molecule is Cc1cc(C(C)C)nc(N2CCCCC2C(=O)O)n1. The van der Waals surface area contributed by atoms with Gasteiger partial charge in [0.25, 0.3) is 0 Å². The molecule has 0 saturated carbocycles. The molecule has 2 rings (SSSR count). The van der Waals surface area contributed by atoms with Crippen LogP contribution in [0.25, 0.3) is 0 Å². The van der Waals surface area contributed by atoms with Gasteiger partial charge in [-0.1, -0.05) is 13.8 Å². The molecule has 19 heavy (non-hydrogen) atoms. The van der Waals surface area contributed by atoms with Crippen molar-refractivity contribution < 1.29 is 9.90 Å². The van der Waals surface area contributed by atoms with Crippen LogP contribution in [0.5, 0.6) is 0 Å². The highest BCUT2D eigenvalue weighted by molar-refractivity contribution is 5.77. The first-order valence-corrected chi connectivity index (χ1v) is 6.84. The molecule has 0 bridgehead atoms. The second kappa shape index (κ2) is 5.55. The molecule has 2 heterocycles. The Kier molecular flexibility index (Phi) is 4.02. The van der Waals surface area contributed by atoms with Gasteiger partial charge in [0.2, 0.25) is 5.95 Å². The first-order chi connectivity index (χ1) is 8.99. The Bertz CT molecular complexity index is 474. The van der Waals surface area contributed by atoms with E-state index < -0.39 is 12.0 Å². The smallest absolute Gasteiger partial charge is 0.326 e. The number of rotatable bonds is 3. The Hall–Kier alpha value is -1.65. The van der Waals surface area contributed by atoms with Gasteiger partial charge in [-0.3, -0.25) is 0 Å². The summed E-state index contributed by atoms with van der Waals surface area (Å²) in [6.07, 6.45) is 2.62. The van der Waals surface area contributed by atoms with Gasteiger partial charge in [0.05, 0.1) is 0 Å². The van der Waals surface area contributed by atoms with Gasteiger partial charge in [-0.25, -0.2) is 14.8 Å². The first kappa shape index (κ1) is 13.8. The minimum absolute atomic E-state index is 0.313. The summed E-state index contributed by atoms with van der Waals surface area (Å²) in [6, 6.07) is 1.48. The van der Waals surface area contributed by atoms with Crippen LogP contribution in [0.3, 0.4) is 0 Å². The molecule has 1 unspecified atom stereocenters. The largest absolute Gasteiger partial charge is 0.480 e. The summed E-state index contributed by atoms with van der Waals surface area (Å²) in [5.41, 5.74) is 1.86. The number of hydrogen-bond acceptors (Lipinski definition) is 4. The number of aryl methyl sites for hydroxylation is 1. The van der Waals surface area contributed by atoms with E-state index in [0.29, 0.717) is 18.3 Å². The standard InChI is InChI=1S/C14H21N3O2/c1-9(2)11-8-10(3)15-14(16-11)17-7-5-4-6-12(17)13(18)19/h8-9,12H,4-7H2,1-3H3,(H,18,19). The van der Waals surface area contributed by atoms with Crippen LogP contribution in [-0.2, 0) is 4.79 Å². The summed E-state index contributed by atoms with van der Waals surface area (Å²) >= 11 is 0. The van der Waals surface area contributed by atoms with Gasteiger partial charge < -0.3 is 10.0 Å². The number of aromatic nitrogens is 2. The van der Waals surface area contributed by atoms with E-state index in [4.69, 9.17) is 0 Å². The van der Waals surface area contributed by atoms with Crippen LogP contribution in [0.15, 0.2) is 6.07 Å². The average molecular weight is 263 g/mol. The minimum Gasteiger partial charge on any atom is -0.480 e. The molecule has 0 aliphatic carbocycles. The quantitative estimate of drug-likeness (QED) is 0.906. The van der Waals surface area contributed by atoms with Gasteiger partial charge in [-0.2, -0.15) is 0 Å². The Morgan fingerprint density at radius 1 is 1.42 bits per heavy atom. The maximum atomic E-state index is 11.3. The Labute approximate surface area is 113 Å². The maximum absolute atomic E-state index is 11.3. The third-order valence-electron chi connectivity index (χ3n) is 3.50. The van der Waals surface area contributed by atoms with Crippen LogP contribution < -0.4 is 4.90 Å². The Morgan fingerprint density at radius 2 is 2.16 bits per heavy atom. The van der Waals surface area contributed by atoms with E-state index in [1.54, 1.807) is 0 Å². The van der Waals surface area contributed by atoms with Crippen LogP contribution in [0.4, 0.5) is 5.95 Å². The van der Waals surface area contributed by atoms with Crippen molar-refractivity contribution in [3.8, 4) is 0 Å². The summed E-state index contributed by atoms with van der Waals surface area (Å²) in [7, 11) is 0. The molecule has 1 aliphatic rings. The number of anilines is 1. The van der Waals surface area contributed by atoms with Gasteiger partial charge in [0.1, 0.15) is 6.04 Å². The van der Waals surface area contributed by atoms with Crippen molar-refractivity contribution in [2.24, 2.45) is 0 Å². The van der Waals surface area contributed by atoms with Crippen molar-refractivity contribution in [1.82, 2.24) is 9.97 Å². The third kappa shape index (κ3) is 3.03. The lowest BCUT2D eigenvalue weighted by Crippen LogP contribution is -2.45. The fourth-order valence-corrected chi connectivity index (χ4v) is 2.43. The number of hydrogen-bond donors (Lipinski definition) is 1. The molecular formula is C14H21N3O2. The van der Waals surface area contributed by atoms with Crippen molar-refractivity contribution in [2.45, 2.75) is 52.0 Å². The summed E-state index contributed by atoms with van der Waals surface area (Å²) in [4.78, 5) is 22.1. The maximum Gasteiger partial charge on any atom is 0.326 e. The highest BCUT2D eigenvalue weighted by Crippen LogP contribution is 2.24. The van der Waals surface area contributed by atoms with Crippen molar-refractivity contribution in [3.63, 3.8) is 0 Å². The Morgan fingerprint density at radius 3 is 2.79 bits per heavy atom. The first-order valence-electron chi connectivity index (χ1n) is 6.84. The van der Waals surface area contributed by atoms with Gasteiger partial charge >= 0.3 is 5.97 Å². The molecular weight excluding hydrogens is 242 g/mol. The normalized spacial score (nSPS) is 19.8. The van der Waals surface area contributed by atoms with Crippen molar-refractivity contribution in [3.05, 3.63) is 17.5 Å². The molecule has 5 nitrogen and oxygen atoms in total.